The maximum absolute atomic E-state index is 13.6. The first-order chi connectivity index (χ1) is 16.6. The van der Waals surface area contributed by atoms with Crippen LogP contribution >= 0.6 is 23.7 Å². The van der Waals surface area contributed by atoms with Gasteiger partial charge in [0.05, 0.1) is 30.5 Å². The molecule has 4 aromatic rings. The molecule has 2 aromatic heterocycles. The molecule has 2 aromatic carbocycles. The molecule has 0 unspecified atom stereocenters. The number of fused-ring (bicyclic) bond motifs is 2. The van der Waals surface area contributed by atoms with E-state index in [1.807, 2.05) is 36.4 Å². The number of halogens is 1. The van der Waals surface area contributed by atoms with Crippen LogP contribution in [0, 0.1) is 6.92 Å². The van der Waals surface area contributed by atoms with Gasteiger partial charge in [-0.15, -0.1) is 17.5 Å². The smallest absolute Gasteiger partial charge is 0.250 e. The van der Waals surface area contributed by atoms with Crippen LogP contribution < -0.4 is 9.64 Å². The quantitative estimate of drug-likeness (QED) is 0.354. The highest BCUT2D eigenvalue weighted by Crippen LogP contribution is 2.36. The molecule has 0 N–H and O–H groups in total. The van der Waals surface area contributed by atoms with Crippen LogP contribution in [0.4, 0.5) is 5.13 Å². The number of nitrogens with zero attached hydrogens (tertiary/aromatic N) is 6. The number of anilines is 1. The fourth-order valence-electron chi connectivity index (χ4n) is 4.23. The zero-order valence-electron chi connectivity index (χ0n) is 19.8. The van der Waals surface area contributed by atoms with E-state index in [-0.39, 0.29) is 24.9 Å². The van der Waals surface area contributed by atoms with E-state index in [0.29, 0.717) is 17.4 Å². The third-order valence-electron chi connectivity index (χ3n) is 6.11. The molecule has 0 aliphatic carbocycles. The largest absolute Gasteiger partial charge is 0.494 e. The Morgan fingerprint density at radius 3 is 2.80 bits per heavy atom. The van der Waals surface area contributed by atoms with Gasteiger partial charge in [-0.1, -0.05) is 34.7 Å². The highest BCUT2D eigenvalue weighted by molar-refractivity contribution is 7.22. The van der Waals surface area contributed by atoms with Crippen molar-refractivity contribution in [3.8, 4) is 5.75 Å². The number of benzene rings is 2. The monoisotopic (exact) mass is 516 g/mol. The predicted molar refractivity (Wildman–Crippen MR) is 140 cm³/mol. The number of ether oxygens (including phenoxy) is 2. The van der Waals surface area contributed by atoms with E-state index in [1.54, 1.807) is 16.7 Å². The first-order valence-corrected chi connectivity index (χ1v) is 12.3. The highest BCUT2D eigenvalue weighted by atomic mass is 35.5. The van der Waals surface area contributed by atoms with E-state index >= 15 is 0 Å². The average Bonchev–Trinajstić information content (AvgIpc) is 3.48. The second kappa shape index (κ2) is 11.3. The molecular weight excluding hydrogens is 488 g/mol. The topological polar surface area (TPSA) is 85.6 Å². The average molecular weight is 517 g/mol. The minimum atomic E-state index is -0.0618. The molecule has 5 rings (SSSR count). The Kier molecular flexibility index (Phi) is 8.17. The molecular formula is C24H29ClN6O3S. The van der Waals surface area contributed by atoms with Gasteiger partial charge in [-0.3, -0.25) is 14.6 Å². The van der Waals surface area contributed by atoms with E-state index < -0.39 is 0 Å². The summed E-state index contributed by atoms with van der Waals surface area (Å²) < 4.78 is 13.7. The van der Waals surface area contributed by atoms with Crippen LogP contribution in [-0.4, -0.2) is 77.3 Å². The normalized spacial score (nSPS) is 14.2. The molecule has 0 radical (unpaired) electrons. The summed E-state index contributed by atoms with van der Waals surface area (Å²) in [4.78, 5) is 22.6. The van der Waals surface area contributed by atoms with Gasteiger partial charge in [0.25, 0.3) is 5.91 Å². The summed E-state index contributed by atoms with van der Waals surface area (Å²) in [6.45, 7) is 7.02. The van der Waals surface area contributed by atoms with Crippen LogP contribution in [0.25, 0.3) is 21.3 Å². The van der Waals surface area contributed by atoms with Crippen LogP contribution in [0.3, 0.4) is 0 Å². The molecule has 35 heavy (non-hydrogen) atoms. The van der Waals surface area contributed by atoms with Gasteiger partial charge in [0.1, 0.15) is 23.3 Å². The maximum Gasteiger partial charge on any atom is 0.250 e. The lowest BCUT2D eigenvalue weighted by atomic mass is 10.2. The molecule has 11 heteroatoms. The number of aryl methyl sites for hydroxylation is 1. The van der Waals surface area contributed by atoms with Crippen molar-refractivity contribution in [2.24, 2.45) is 0 Å². The molecule has 1 aliphatic rings. The van der Waals surface area contributed by atoms with Crippen LogP contribution in [0.15, 0.2) is 36.4 Å². The lowest BCUT2D eigenvalue weighted by Crippen LogP contribution is -2.40. The summed E-state index contributed by atoms with van der Waals surface area (Å²) >= 11 is 1.53. The molecule has 3 heterocycles. The minimum absolute atomic E-state index is 0. The Labute approximate surface area is 214 Å². The van der Waals surface area contributed by atoms with Crippen LogP contribution in [0.2, 0.25) is 0 Å². The number of hydrogen-bond donors (Lipinski definition) is 0. The van der Waals surface area contributed by atoms with Gasteiger partial charge in [0, 0.05) is 26.2 Å². The van der Waals surface area contributed by atoms with Gasteiger partial charge in [-0.25, -0.2) is 9.67 Å². The van der Waals surface area contributed by atoms with Crippen molar-refractivity contribution in [2.75, 3.05) is 51.4 Å². The summed E-state index contributed by atoms with van der Waals surface area (Å²) in [5, 5.41) is 9.08. The van der Waals surface area contributed by atoms with E-state index in [9.17, 15) is 4.79 Å². The summed E-state index contributed by atoms with van der Waals surface area (Å²) in [6, 6.07) is 11.6. The Morgan fingerprint density at radius 2 is 2.00 bits per heavy atom. The summed E-state index contributed by atoms with van der Waals surface area (Å²) in [5.74, 6) is 0.652. The standard InChI is InChI=1S/C24H28N6O3S.ClH/c1-17-8-9-20(32-2)22-23(17)34-24(25-22)29(11-5-10-28-12-14-33-15-13-28)21(31)16-30-19-7-4-3-6-18(19)26-27-30;/h3-4,6-9H,5,10-16H2,1-2H3;1H. The number of para-hydroxylation sites is 1. The van der Waals surface area contributed by atoms with Gasteiger partial charge in [-0.05, 0) is 37.1 Å². The predicted octanol–water partition coefficient (Wildman–Crippen LogP) is 3.54. The molecule has 9 nitrogen and oxygen atoms in total. The first-order valence-electron chi connectivity index (χ1n) is 11.5. The van der Waals surface area contributed by atoms with Crippen molar-refractivity contribution in [2.45, 2.75) is 19.9 Å². The third kappa shape index (κ3) is 5.40. The fourth-order valence-corrected chi connectivity index (χ4v) is 5.33. The summed E-state index contributed by atoms with van der Waals surface area (Å²) in [7, 11) is 1.64. The van der Waals surface area contributed by atoms with Gasteiger partial charge in [0.2, 0.25) is 0 Å². The summed E-state index contributed by atoms with van der Waals surface area (Å²) in [5.41, 5.74) is 3.52. The molecule has 1 aliphatic heterocycles. The zero-order valence-corrected chi connectivity index (χ0v) is 21.5. The molecule has 0 spiro atoms. The number of carbonyl (C=O) groups is 1. The van der Waals surface area contributed by atoms with E-state index in [4.69, 9.17) is 14.5 Å². The van der Waals surface area contributed by atoms with Crippen molar-refractivity contribution in [3.63, 3.8) is 0 Å². The third-order valence-corrected chi connectivity index (χ3v) is 7.32. The Bertz CT molecular complexity index is 1300. The summed E-state index contributed by atoms with van der Waals surface area (Å²) in [6.07, 6.45) is 0.843. The zero-order chi connectivity index (χ0) is 23.5. The van der Waals surface area contributed by atoms with Crippen molar-refractivity contribution in [3.05, 3.63) is 42.0 Å². The molecule has 0 bridgehead atoms. The fraction of sp³-hybridized carbons (Fsp3) is 0.417. The van der Waals surface area contributed by atoms with Crippen LogP contribution in [-0.2, 0) is 16.1 Å². The molecule has 1 amide bonds. The number of aromatic nitrogens is 4. The molecule has 0 atom stereocenters. The van der Waals surface area contributed by atoms with E-state index in [2.05, 4.69) is 22.1 Å². The van der Waals surface area contributed by atoms with Gasteiger partial charge >= 0.3 is 0 Å². The number of amides is 1. The van der Waals surface area contributed by atoms with Gasteiger partial charge in [0.15, 0.2) is 5.13 Å². The SMILES string of the molecule is COc1ccc(C)c2sc(N(CCCN3CCOCC3)C(=O)Cn3nnc4ccccc43)nc12.Cl. The number of morpholine rings is 1. The molecule has 186 valence electrons. The Balaban J connectivity index is 0.00000289. The number of thiazole rings is 1. The van der Waals surface area contributed by atoms with Crippen LogP contribution in [0.5, 0.6) is 5.75 Å². The second-order valence-corrected chi connectivity index (χ2v) is 9.33. The molecule has 1 saturated heterocycles. The first kappa shape index (κ1) is 25.3. The van der Waals surface area contributed by atoms with Crippen molar-refractivity contribution in [1.82, 2.24) is 24.9 Å². The van der Waals surface area contributed by atoms with Crippen LogP contribution in [0.1, 0.15) is 12.0 Å². The lowest BCUT2D eigenvalue weighted by molar-refractivity contribution is -0.119. The maximum atomic E-state index is 13.6. The van der Waals surface area contributed by atoms with E-state index in [1.165, 1.54) is 11.3 Å². The number of methoxy groups -OCH3 is 1. The molecule has 0 saturated carbocycles. The Hall–Kier alpha value is -2.79. The van der Waals surface area contributed by atoms with Gasteiger partial charge in [-0.2, -0.15) is 0 Å². The Morgan fingerprint density at radius 1 is 1.20 bits per heavy atom. The van der Waals surface area contributed by atoms with E-state index in [0.717, 1.165) is 66.1 Å². The second-order valence-electron chi connectivity index (χ2n) is 8.35. The highest BCUT2D eigenvalue weighted by Gasteiger charge is 2.23. The minimum Gasteiger partial charge on any atom is -0.494 e. The number of rotatable bonds is 8. The van der Waals surface area contributed by atoms with Crippen molar-refractivity contribution in [1.29, 1.82) is 0 Å². The number of hydrogen-bond acceptors (Lipinski definition) is 8. The van der Waals surface area contributed by atoms with Crippen molar-refractivity contribution >= 4 is 56.0 Å². The van der Waals surface area contributed by atoms with Gasteiger partial charge < -0.3 is 9.47 Å². The molecule has 1 fully saturated rings. The number of carbonyl (C=O) groups excluding carboxylic acids is 1. The van der Waals surface area contributed by atoms with Crippen molar-refractivity contribution < 1.29 is 14.3 Å². The lowest BCUT2D eigenvalue weighted by Gasteiger charge is -2.27.